The Labute approximate surface area is 94.6 Å². The highest BCUT2D eigenvalue weighted by Crippen LogP contribution is 2.17. The second-order valence-corrected chi connectivity index (χ2v) is 4.33. The van der Waals surface area contributed by atoms with Crippen molar-refractivity contribution >= 4 is 5.91 Å². The number of piperidine rings is 1. The fraction of sp³-hybridized carbons (Fsp3) is 0.636. The van der Waals surface area contributed by atoms with Crippen LogP contribution >= 0.6 is 0 Å². The van der Waals surface area contributed by atoms with Gasteiger partial charge in [-0.1, -0.05) is 0 Å². The van der Waals surface area contributed by atoms with Gasteiger partial charge in [-0.05, 0) is 19.4 Å². The molecule has 5 nitrogen and oxygen atoms in total. The van der Waals surface area contributed by atoms with Crippen molar-refractivity contribution in [2.24, 2.45) is 11.7 Å². The third kappa shape index (κ3) is 2.61. The Morgan fingerprint density at radius 1 is 1.75 bits per heavy atom. The van der Waals surface area contributed by atoms with E-state index in [0.717, 1.165) is 38.2 Å². The number of hydrogen-bond acceptors (Lipinski definition) is 4. The third-order valence-corrected chi connectivity index (χ3v) is 2.96. The number of aromatic nitrogens is 1. The van der Waals surface area contributed by atoms with E-state index in [-0.39, 0.29) is 11.8 Å². The van der Waals surface area contributed by atoms with E-state index in [1.54, 1.807) is 6.26 Å². The summed E-state index contributed by atoms with van der Waals surface area (Å²) in [6, 6.07) is 0. The van der Waals surface area contributed by atoms with Crippen LogP contribution in [-0.2, 0) is 11.3 Å². The Bertz CT molecular complexity index is 375. The molecule has 1 aliphatic rings. The fourth-order valence-electron chi connectivity index (χ4n) is 2.14. The lowest BCUT2D eigenvalue weighted by Crippen LogP contribution is -2.40. The number of amides is 1. The Balaban J connectivity index is 1.92. The van der Waals surface area contributed by atoms with Gasteiger partial charge in [-0.15, -0.1) is 0 Å². The molecule has 2 heterocycles. The molecule has 0 aliphatic carbocycles. The molecule has 88 valence electrons. The molecule has 2 N–H and O–H groups in total. The van der Waals surface area contributed by atoms with Crippen LogP contribution in [0, 0.1) is 12.8 Å². The number of likely N-dealkylation sites (tertiary alicyclic amines) is 1. The van der Waals surface area contributed by atoms with Gasteiger partial charge in [0, 0.05) is 20.0 Å². The highest BCUT2D eigenvalue weighted by atomic mass is 16.3. The minimum Gasteiger partial charge on any atom is -0.449 e. The van der Waals surface area contributed by atoms with E-state index in [1.807, 2.05) is 6.92 Å². The minimum atomic E-state index is -0.193. The maximum Gasteiger partial charge on any atom is 0.221 e. The normalized spacial score (nSPS) is 22.2. The highest BCUT2D eigenvalue weighted by Gasteiger charge is 2.24. The lowest BCUT2D eigenvalue weighted by molar-refractivity contribution is -0.123. The summed E-state index contributed by atoms with van der Waals surface area (Å²) in [4.78, 5) is 17.6. The number of primary amides is 1. The van der Waals surface area contributed by atoms with Crippen LogP contribution in [0.3, 0.4) is 0 Å². The number of aryl methyl sites for hydroxylation is 1. The third-order valence-electron chi connectivity index (χ3n) is 2.96. The molecule has 5 heteroatoms. The van der Waals surface area contributed by atoms with Gasteiger partial charge in [-0.2, -0.15) is 0 Å². The van der Waals surface area contributed by atoms with E-state index in [2.05, 4.69) is 9.88 Å². The monoisotopic (exact) mass is 223 g/mol. The van der Waals surface area contributed by atoms with Crippen LogP contribution < -0.4 is 5.73 Å². The Hall–Kier alpha value is -1.36. The molecule has 1 aliphatic heterocycles. The minimum absolute atomic E-state index is 0.0123. The molecule has 2 rings (SSSR count). The average molecular weight is 223 g/mol. The first kappa shape index (κ1) is 11.1. The van der Waals surface area contributed by atoms with Gasteiger partial charge >= 0.3 is 0 Å². The van der Waals surface area contributed by atoms with Crippen LogP contribution in [0.15, 0.2) is 10.7 Å². The standard InChI is InChI=1S/C11H17N3O2/c1-8-13-10(7-16-8)6-14-4-2-3-9(5-14)11(12)15/h7,9H,2-6H2,1H3,(H2,12,15). The van der Waals surface area contributed by atoms with Gasteiger partial charge in [-0.25, -0.2) is 4.98 Å². The predicted octanol–water partition coefficient (Wildman–Crippen LogP) is 0.680. The summed E-state index contributed by atoms with van der Waals surface area (Å²) in [6.45, 7) is 4.30. The summed E-state index contributed by atoms with van der Waals surface area (Å²) >= 11 is 0. The van der Waals surface area contributed by atoms with E-state index < -0.39 is 0 Å². The first-order valence-corrected chi connectivity index (χ1v) is 5.58. The van der Waals surface area contributed by atoms with Crippen LogP contribution in [0.4, 0.5) is 0 Å². The van der Waals surface area contributed by atoms with Crippen LogP contribution in [0.1, 0.15) is 24.4 Å². The molecule has 1 amide bonds. The summed E-state index contributed by atoms with van der Waals surface area (Å²) in [5, 5.41) is 0. The molecular weight excluding hydrogens is 206 g/mol. The van der Waals surface area contributed by atoms with Crippen molar-refractivity contribution in [2.45, 2.75) is 26.3 Å². The number of nitrogens with two attached hydrogens (primary N) is 1. The van der Waals surface area contributed by atoms with Crippen LogP contribution in [0.5, 0.6) is 0 Å². The molecule has 1 aromatic rings. The molecule has 1 aromatic heterocycles. The summed E-state index contributed by atoms with van der Waals surface area (Å²) in [6.07, 6.45) is 3.59. The van der Waals surface area contributed by atoms with Gasteiger partial charge in [0.1, 0.15) is 6.26 Å². The molecule has 1 unspecified atom stereocenters. The first-order valence-electron chi connectivity index (χ1n) is 5.58. The quantitative estimate of drug-likeness (QED) is 0.818. The molecule has 0 radical (unpaired) electrons. The predicted molar refractivity (Wildman–Crippen MR) is 58.4 cm³/mol. The number of carbonyl (C=O) groups is 1. The number of hydrogen-bond donors (Lipinski definition) is 1. The molecule has 1 atom stereocenters. The van der Waals surface area contributed by atoms with Gasteiger partial charge in [0.2, 0.25) is 5.91 Å². The topological polar surface area (TPSA) is 72.4 Å². The van der Waals surface area contributed by atoms with Gasteiger partial charge in [0.15, 0.2) is 5.89 Å². The molecular formula is C11H17N3O2. The molecule has 0 spiro atoms. The number of rotatable bonds is 3. The van der Waals surface area contributed by atoms with Gasteiger partial charge in [0.25, 0.3) is 0 Å². The maximum atomic E-state index is 11.1. The zero-order chi connectivity index (χ0) is 11.5. The molecule has 0 saturated carbocycles. The number of nitrogens with zero attached hydrogens (tertiary/aromatic N) is 2. The van der Waals surface area contributed by atoms with E-state index in [0.29, 0.717) is 5.89 Å². The number of oxazole rings is 1. The van der Waals surface area contributed by atoms with Crippen molar-refractivity contribution in [3.05, 3.63) is 17.8 Å². The van der Waals surface area contributed by atoms with Crippen LogP contribution in [-0.4, -0.2) is 28.9 Å². The van der Waals surface area contributed by atoms with Crippen molar-refractivity contribution in [3.63, 3.8) is 0 Å². The van der Waals surface area contributed by atoms with Gasteiger partial charge < -0.3 is 10.2 Å². The lowest BCUT2D eigenvalue weighted by Gasteiger charge is -2.30. The molecule has 0 bridgehead atoms. The van der Waals surface area contributed by atoms with Crippen molar-refractivity contribution in [1.82, 2.24) is 9.88 Å². The van der Waals surface area contributed by atoms with E-state index in [9.17, 15) is 4.79 Å². The molecule has 0 aromatic carbocycles. The summed E-state index contributed by atoms with van der Waals surface area (Å²) in [5.74, 6) is 0.473. The highest BCUT2D eigenvalue weighted by molar-refractivity contribution is 5.76. The second-order valence-electron chi connectivity index (χ2n) is 4.33. The largest absolute Gasteiger partial charge is 0.449 e. The zero-order valence-electron chi connectivity index (χ0n) is 9.48. The van der Waals surface area contributed by atoms with Crippen molar-refractivity contribution < 1.29 is 9.21 Å². The maximum absolute atomic E-state index is 11.1. The van der Waals surface area contributed by atoms with Crippen molar-refractivity contribution in [2.75, 3.05) is 13.1 Å². The average Bonchev–Trinajstić information content (AvgIpc) is 2.64. The zero-order valence-corrected chi connectivity index (χ0v) is 9.48. The van der Waals surface area contributed by atoms with Crippen LogP contribution in [0.2, 0.25) is 0 Å². The number of carbonyl (C=O) groups excluding carboxylic acids is 1. The van der Waals surface area contributed by atoms with E-state index in [1.165, 1.54) is 0 Å². The Morgan fingerprint density at radius 2 is 2.56 bits per heavy atom. The second kappa shape index (κ2) is 4.65. The van der Waals surface area contributed by atoms with E-state index in [4.69, 9.17) is 10.2 Å². The van der Waals surface area contributed by atoms with Crippen molar-refractivity contribution in [3.8, 4) is 0 Å². The van der Waals surface area contributed by atoms with Gasteiger partial charge in [-0.3, -0.25) is 9.69 Å². The van der Waals surface area contributed by atoms with E-state index >= 15 is 0 Å². The Kier molecular flexibility index (Phi) is 3.24. The van der Waals surface area contributed by atoms with Crippen molar-refractivity contribution in [1.29, 1.82) is 0 Å². The molecule has 1 saturated heterocycles. The summed E-state index contributed by atoms with van der Waals surface area (Å²) < 4.78 is 5.15. The Morgan fingerprint density at radius 3 is 3.19 bits per heavy atom. The van der Waals surface area contributed by atoms with Crippen LogP contribution in [0.25, 0.3) is 0 Å². The summed E-state index contributed by atoms with van der Waals surface area (Å²) in [7, 11) is 0. The lowest BCUT2D eigenvalue weighted by atomic mass is 9.97. The fourth-order valence-corrected chi connectivity index (χ4v) is 2.14. The summed E-state index contributed by atoms with van der Waals surface area (Å²) in [5.41, 5.74) is 6.25. The first-order chi connectivity index (χ1) is 7.65. The SMILES string of the molecule is Cc1nc(CN2CCCC(C(N)=O)C2)co1. The molecule has 1 fully saturated rings. The smallest absolute Gasteiger partial charge is 0.221 e. The van der Waals surface area contributed by atoms with Gasteiger partial charge in [0.05, 0.1) is 11.6 Å². The molecule has 16 heavy (non-hydrogen) atoms.